The minimum atomic E-state index is -0.895. The van der Waals surface area contributed by atoms with Gasteiger partial charge in [-0.3, -0.25) is 4.90 Å². The molecule has 1 atom stereocenters. The molecule has 0 radical (unpaired) electrons. The molecule has 1 aliphatic rings. The Bertz CT molecular complexity index is 1030. The van der Waals surface area contributed by atoms with Crippen molar-refractivity contribution in [3.05, 3.63) is 64.8 Å². The molecule has 1 aromatic heterocycles. The van der Waals surface area contributed by atoms with E-state index >= 15 is 0 Å². The fourth-order valence-electron chi connectivity index (χ4n) is 4.29. The number of nitrogens with zero attached hydrogens (tertiary/aromatic N) is 2. The average Bonchev–Trinajstić information content (AvgIpc) is 3.21. The van der Waals surface area contributed by atoms with Crippen LogP contribution in [0.3, 0.4) is 0 Å². The highest BCUT2D eigenvalue weighted by atomic mass is 16.5. The van der Waals surface area contributed by atoms with E-state index in [1.54, 1.807) is 19.2 Å². The van der Waals surface area contributed by atoms with Gasteiger partial charge in [-0.05, 0) is 49.4 Å². The zero-order valence-corrected chi connectivity index (χ0v) is 17.1. The number of nitrogens with one attached hydrogen (secondary N) is 1. The minimum absolute atomic E-state index is 0.191. The van der Waals surface area contributed by atoms with Crippen LogP contribution >= 0.6 is 0 Å². The first-order chi connectivity index (χ1) is 14.0. The number of benzene rings is 2. The van der Waals surface area contributed by atoms with Crippen molar-refractivity contribution >= 4 is 16.9 Å². The number of carbonyl (C=O) groups is 1. The second kappa shape index (κ2) is 7.89. The molecule has 1 saturated heterocycles. The number of fused-ring (bicyclic) bond motifs is 1. The number of rotatable bonds is 5. The summed E-state index contributed by atoms with van der Waals surface area (Å²) < 4.78 is 5.73. The predicted octanol–water partition coefficient (Wildman–Crippen LogP) is 3.67. The molecular formula is C23H27N3O3. The number of hydrogen-bond donors (Lipinski definition) is 2. The van der Waals surface area contributed by atoms with Crippen LogP contribution in [0.2, 0.25) is 0 Å². The van der Waals surface area contributed by atoms with Gasteiger partial charge in [0.1, 0.15) is 5.75 Å². The van der Waals surface area contributed by atoms with E-state index in [0.29, 0.717) is 5.56 Å². The van der Waals surface area contributed by atoms with E-state index in [1.807, 2.05) is 18.3 Å². The molecule has 6 heteroatoms. The van der Waals surface area contributed by atoms with Crippen molar-refractivity contribution < 1.29 is 14.6 Å². The van der Waals surface area contributed by atoms with Crippen molar-refractivity contribution in [3.8, 4) is 5.75 Å². The van der Waals surface area contributed by atoms with Crippen LogP contribution < -0.4 is 4.74 Å². The standard InChI is InChI=1S/C23H27N3O3/c1-15-12-21(29-3)19(18-8-9-24-22(15)18)13-26-11-10-25(2)14-20(26)16-4-6-17(7-5-16)23(27)28/h4-9,12,20,24H,10-11,13-14H2,1-3H3,(H,27,28). The fraction of sp³-hybridized carbons (Fsp3) is 0.348. The van der Waals surface area contributed by atoms with Crippen molar-refractivity contribution in [2.24, 2.45) is 0 Å². The molecule has 4 rings (SSSR count). The number of carboxylic acid groups (broad SMARTS) is 1. The summed E-state index contributed by atoms with van der Waals surface area (Å²) in [6.45, 7) is 5.70. The van der Waals surface area contributed by atoms with Crippen molar-refractivity contribution in [3.63, 3.8) is 0 Å². The Labute approximate surface area is 170 Å². The van der Waals surface area contributed by atoms with Gasteiger partial charge in [0.25, 0.3) is 0 Å². The molecule has 1 unspecified atom stereocenters. The molecule has 2 aromatic carbocycles. The summed E-state index contributed by atoms with van der Waals surface area (Å²) >= 11 is 0. The van der Waals surface area contributed by atoms with Gasteiger partial charge in [-0.2, -0.15) is 0 Å². The van der Waals surface area contributed by atoms with Crippen LogP contribution in [0.1, 0.15) is 33.1 Å². The normalized spacial score (nSPS) is 18.2. The SMILES string of the molecule is COc1cc(C)c2[nH]ccc2c1CN1CCN(C)CC1c1ccc(C(=O)O)cc1. The fourth-order valence-corrected chi connectivity index (χ4v) is 4.29. The first kappa shape index (κ1) is 19.5. The summed E-state index contributed by atoms with van der Waals surface area (Å²) in [6.07, 6.45) is 1.98. The number of aromatic carboxylic acids is 1. The molecular weight excluding hydrogens is 366 g/mol. The van der Waals surface area contributed by atoms with Gasteiger partial charge in [0.2, 0.25) is 0 Å². The van der Waals surface area contributed by atoms with Gasteiger partial charge in [0.15, 0.2) is 0 Å². The Balaban J connectivity index is 1.69. The van der Waals surface area contributed by atoms with Gasteiger partial charge < -0.3 is 19.7 Å². The molecule has 1 fully saturated rings. The Kier molecular flexibility index (Phi) is 5.30. The minimum Gasteiger partial charge on any atom is -0.496 e. The molecule has 0 spiro atoms. The van der Waals surface area contributed by atoms with Crippen LogP contribution in [-0.4, -0.2) is 59.7 Å². The van der Waals surface area contributed by atoms with Crippen LogP contribution in [-0.2, 0) is 6.54 Å². The largest absolute Gasteiger partial charge is 0.496 e. The van der Waals surface area contributed by atoms with Crippen LogP contribution in [0.5, 0.6) is 5.75 Å². The molecule has 0 bridgehead atoms. The van der Waals surface area contributed by atoms with Crippen molar-refractivity contribution in [2.45, 2.75) is 19.5 Å². The highest BCUT2D eigenvalue weighted by molar-refractivity contribution is 5.88. The lowest BCUT2D eigenvalue weighted by Crippen LogP contribution is -2.46. The zero-order chi connectivity index (χ0) is 20.5. The second-order valence-corrected chi connectivity index (χ2v) is 7.82. The number of piperazine rings is 1. The highest BCUT2D eigenvalue weighted by Crippen LogP contribution is 2.34. The van der Waals surface area contributed by atoms with Crippen LogP contribution in [0.25, 0.3) is 10.9 Å². The number of ether oxygens (including phenoxy) is 1. The molecule has 0 saturated carbocycles. The van der Waals surface area contributed by atoms with E-state index in [-0.39, 0.29) is 6.04 Å². The average molecular weight is 393 g/mol. The third-order valence-electron chi connectivity index (χ3n) is 5.93. The second-order valence-electron chi connectivity index (χ2n) is 7.82. The highest BCUT2D eigenvalue weighted by Gasteiger charge is 2.28. The zero-order valence-electron chi connectivity index (χ0n) is 17.1. The number of carboxylic acids is 1. The van der Waals surface area contributed by atoms with E-state index in [1.165, 1.54) is 16.5 Å². The molecule has 3 aromatic rings. The summed E-state index contributed by atoms with van der Waals surface area (Å²) in [7, 11) is 3.86. The van der Waals surface area contributed by atoms with Gasteiger partial charge in [0.05, 0.1) is 12.7 Å². The monoisotopic (exact) mass is 393 g/mol. The molecule has 2 heterocycles. The number of H-pyrrole nitrogens is 1. The summed E-state index contributed by atoms with van der Waals surface area (Å²) in [5.41, 5.74) is 4.96. The molecule has 0 aliphatic carbocycles. The number of aromatic amines is 1. The van der Waals surface area contributed by atoms with Gasteiger partial charge in [0, 0.05) is 54.9 Å². The Morgan fingerprint density at radius 3 is 2.69 bits per heavy atom. The topological polar surface area (TPSA) is 68.8 Å². The van der Waals surface area contributed by atoms with E-state index < -0.39 is 5.97 Å². The molecule has 2 N–H and O–H groups in total. The Morgan fingerprint density at radius 2 is 2.00 bits per heavy atom. The lowest BCUT2D eigenvalue weighted by atomic mass is 9.98. The Morgan fingerprint density at radius 1 is 1.24 bits per heavy atom. The summed E-state index contributed by atoms with van der Waals surface area (Å²) in [4.78, 5) is 19.3. The van der Waals surface area contributed by atoms with Crippen LogP contribution in [0.4, 0.5) is 0 Å². The maximum Gasteiger partial charge on any atom is 0.335 e. The molecule has 29 heavy (non-hydrogen) atoms. The molecule has 0 amide bonds. The first-order valence-electron chi connectivity index (χ1n) is 9.87. The number of hydrogen-bond acceptors (Lipinski definition) is 4. The van der Waals surface area contributed by atoms with Crippen LogP contribution in [0.15, 0.2) is 42.6 Å². The van der Waals surface area contributed by atoms with Crippen molar-refractivity contribution in [1.29, 1.82) is 0 Å². The lowest BCUT2D eigenvalue weighted by Gasteiger charge is -2.40. The van der Waals surface area contributed by atoms with Crippen molar-refractivity contribution in [2.75, 3.05) is 33.8 Å². The molecule has 1 aliphatic heterocycles. The maximum atomic E-state index is 11.2. The third kappa shape index (κ3) is 3.73. The number of likely N-dealkylation sites (N-methyl/N-ethyl adjacent to an activating group) is 1. The predicted molar refractivity (Wildman–Crippen MR) is 114 cm³/mol. The quantitative estimate of drug-likeness (QED) is 0.692. The van der Waals surface area contributed by atoms with E-state index in [2.05, 4.69) is 40.9 Å². The summed E-state index contributed by atoms with van der Waals surface area (Å²) in [5.74, 6) is 0.0157. The smallest absolute Gasteiger partial charge is 0.335 e. The Hall–Kier alpha value is -2.83. The molecule has 152 valence electrons. The van der Waals surface area contributed by atoms with Crippen LogP contribution in [0, 0.1) is 6.92 Å². The number of methoxy groups -OCH3 is 1. The molecule has 6 nitrogen and oxygen atoms in total. The van der Waals surface area contributed by atoms with Gasteiger partial charge >= 0.3 is 5.97 Å². The summed E-state index contributed by atoms with van der Waals surface area (Å²) in [5, 5.41) is 10.4. The van der Waals surface area contributed by atoms with Gasteiger partial charge in [-0.15, -0.1) is 0 Å². The number of aromatic nitrogens is 1. The van der Waals surface area contributed by atoms with E-state index in [9.17, 15) is 9.90 Å². The van der Waals surface area contributed by atoms with E-state index in [0.717, 1.165) is 43.0 Å². The van der Waals surface area contributed by atoms with Gasteiger partial charge in [-0.1, -0.05) is 12.1 Å². The summed E-state index contributed by atoms with van der Waals surface area (Å²) in [6, 6.07) is 11.7. The van der Waals surface area contributed by atoms with E-state index in [4.69, 9.17) is 4.74 Å². The maximum absolute atomic E-state index is 11.2. The first-order valence-corrected chi connectivity index (χ1v) is 9.87. The number of aryl methyl sites for hydroxylation is 1. The van der Waals surface area contributed by atoms with Gasteiger partial charge in [-0.25, -0.2) is 4.79 Å². The lowest BCUT2D eigenvalue weighted by molar-refractivity contribution is 0.0696. The van der Waals surface area contributed by atoms with Crippen molar-refractivity contribution in [1.82, 2.24) is 14.8 Å². The third-order valence-corrected chi connectivity index (χ3v) is 5.93.